The second kappa shape index (κ2) is 8.40. The molecule has 4 nitrogen and oxygen atoms in total. The van der Waals surface area contributed by atoms with Crippen LogP contribution in [0.5, 0.6) is 0 Å². The maximum absolute atomic E-state index is 12.9. The van der Waals surface area contributed by atoms with E-state index in [1.165, 1.54) is 16.7 Å². The van der Waals surface area contributed by atoms with Crippen LogP contribution in [0.2, 0.25) is 0 Å². The molecular weight excluding hydrogens is 334 g/mol. The smallest absolute Gasteiger partial charge is 0.320 e. The van der Waals surface area contributed by atoms with Crippen LogP contribution in [0.15, 0.2) is 60.7 Å². The molecule has 4 heteroatoms. The standard InChI is InChI=1S/C23H27N3O/c27-23(26-14-12-21-10-4-5-11-22(21)19-26)25-17-15-24(16-18-25)13-6-9-20-7-2-1-3-8-20/h1-11H,12-19H2/b9-6+. The summed E-state index contributed by atoms with van der Waals surface area (Å²) >= 11 is 0. The maximum Gasteiger partial charge on any atom is 0.320 e. The zero-order valence-corrected chi connectivity index (χ0v) is 15.8. The number of fused-ring (bicyclic) bond motifs is 1. The molecule has 0 bridgehead atoms. The molecule has 0 radical (unpaired) electrons. The predicted octanol–water partition coefficient (Wildman–Crippen LogP) is 3.50. The summed E-state index contributed by atoms with van der Waals surface area (Å²) in [6, 6.07) is 19.1. The molecular formula is C23H27N3O. The van der Waals surface area contributed by atoms with Crippen molar-refractivity contribution in [1.82, 2.24) is 14.7 Å². The zero-order valence-electron chi connectivity index (χ0n) is 15.8. The van der Waals surface area contributed by atoms with Crippen molar-refractivity contribution < 1.29 is 4.79 Å². The van der Waals surface area contributed by atoms with Crippen LogP contribution in [0.4, 0.5) is 4.79 Å². The molecule has 4 rings (SSSR count). The summed E-state index contributed by atoms with van der Waals surface area (Å²) in [4.78, 5) is 19.3. The van der Waals surface area contributed by atoms with Gasteiger partial charge in [-0.25, -0.2) is 4.79 Å². The van der Waals surface area contributed by atoms with E-state index >= 15 is 0 Å². The molecule has 1 saturated heterocycles. The lowest BCUT2D eigenvalue weighted by Crippen LogP contribution is -2.53. The van der Waals surface area contributed by atoms with E-state index in [0.717, 1.165) is 52.2 Å². The molecule has 0 aliphatic carbocycles. The van der Waals surface area contributed by atoms with Crippen LogP contribution < -0.4 is 0 Å². The first-order valence-corrected chi connectivity index (χ1v) is 9.84. The van der Waals surface area contributed by atoms with E-state index < -0.39 is 0 Å². The Hall–Kier alpha value is -2.59. The van der Waals surface area contributed by atoms with Crippen molar-refractivity contribution in [1.29, 1.82) is 0 Å². The summed E-state index contributed by atoms with van der Waals surface area (Å²) in [6.07, 6.45) is 5.35. The Balaban J connectivity index is 1.25. The fourth-order valence-corrected chi connectivity index (χ4v) is 3.88. The molecule has 2 heterocycles. The van der Waals surface area contributed by atoms with Crippen LogP contribution in [0, 0.1) is 0 Å². The van der Waals surface area contributed by atoms with Gasteiger partial charge in [0.25, 0.3) is 0 Å². The Bertz CT molecular complexity index is 794. The Kier molecular flexibility index (Phi) is 5.54. The Morgan fingerprint density at radius 2 is 1.52 bits per heavy atom. The van der Waals surface area contributed by atoms with Crippen LogP contribution in [-0.4, -0.2) is 60.0 Å². The first-order valence-electron chi connectivity index (χ1n) is 9.84. The van der Waals surface area contributed by atoms with Gasteiger partial charge < -0.3 is 9.80 Å². The average Bonchev–Trinajstić information content (AvgIpc) is 2.74. The van der Waals surface area contributed by atoms with Gasteiger partial charge >= 0.3 is 6.03 Å². The lowest BCUT2D eigenvalue weighted by atomic mass is 10.0. The van der Waals surface area contributed by atoms with Crippen LogP contribution >= 0.6 is 0 Å². The molecule has 2 amide bonds. The molecule has 140 valence electrons. The fraction of sp³-hybridized carbons (Fsp3) is 0.348. The van der Waals surface area contributed by atoms with E-state index in [1.54, 1.807) is 0 Å². The number of piperazine rings is 1. The van der Waals surface area contributed by atoms with Gasteiger partial charge in [0.05, 0.1) is 0 Å². The van der Waals surface area contributed by atoms with Crippen LogP contribution in [0.25, 0.3) is 6.08 Å². The Labute approximate surface area is 161 Å². The third kappa shape index (κ3) is 4.40. The first-order chi connectivity index (χ1) is 13.3. The van der Waals surface area contributed by atoms with E-state index in [-0.39, 0.29) is 6.03 Å². The van der Waals surface area contributed by atoms with Gasteiger partial charge in [-0.15, -0.1) is 0 Å². The number of carbonyl (C=O) groups is 1. The van der Waals surface area contributed by atoms with Crippen LogP contribution in [0.1, 0.15) is 16.7 Å². The molecule has 2 aliphatic heterocycles. The highest BCUT2D eigenvalue weighted by Gasteiger charge is 2.27. The van der Waals surface area contributed by atoms with E-state index in [4.69, 9.17) is 0 Å². The van der Waals surface area contributed by atoms with Gasteiger partial charge in [0.1, 0.15) is 0 Å². The van der Waals surface area contributed by atoms with Crippen molar-refractivity contribution in [3.05, 3.63) is 77.4 Å². The van der Waals surface area contributed by atoms with E-state index in [9.17, 15) is 4.79 Å². The van der Waals surface area contributed by atoms with Crippen molar-refractivity contribution in [2.45, 2.75) is 13.0 Å². The van der Waals surface area contributed by atoms with Crippen molar-refractivity contribution in [2.24, 2.45) is 0 Å². The summed E-state index contributed by atoms with van der Waals surface area (Å²) < 4.78 is 0. The van der Waals surface area contributed by atoms with Crippen LogP contribution in [0.3, 0.4) is 0 Å². The minimum atomic E-state index is 0.198. The SMILES string of the molecule is O=C(N1CCN(C/C=C/c2ccccc2)CC1)N1CCc2ccccc2C1. The van der Waals surface area contributed by atoms with Crippen molar-refractivity contribution in [3.8, 4) is 0 Å². The average molecular weight is 361 g/mol. The normalized spacial score (nSPS) is 17.9. The molecule has 1 fully saturated rings. The minimum absolute atomic E-state index is 0.198. The lowest BCUT2D eigenvalue weighted by Gasteiger charge is -2.38. The number of nitrogens with zero attached hydrogens (tertiary/aromatic N) is 3. The third-order valence-corrected chi connectivity index (χ3v) is 5.52. The van der Waals surface area contributed by atoms with Gasteiger partial charge in [-0.2, -0.15) is 0 Å². The second-order valence-electron chi connectivity index (χ2n) is 7.32. The summed E-state index contributed by atoms with van der Waals surface area (Å²) in [5, 5.41) is 0. The topological polar surface area (TPSA) is 26.8 Å². The lowest BCUT2D eigenvalue weighted by molar-refractivity contribution is 0.114. The molecule has 0 spiro atoms. The molecule has 0 atom stereocenters. The number of rotatable bonds is 3. The van der Waals surface area contributed by atoms with Gasteiger partial charge in [0.2, 0.25) is 0 Å². The van der Waals surface area contributed by atoms with Gasteiger partial charge in [0.15, 0.2) is 0 Å². The molecule has 27 heavy (non-hydrogen) atoms. The Morgan fingerprint density at radius 1 is 0.815 bits per heavy atom. The third-order valence-electron chi connectivity index (χ3n) is 5.52. The van der Waals surface area contributed by atoms with Gasteiger partial charge in [0, 0.05) is 45.8 Å². The summed E-state index contributed by atoms with van der Waals surface area (Å²) in [7, 11) is 0. The predicted molar refractivity (Wildman–Crippen MR) is 109 cm³/mol. The summed E-state index contributed by atoms with van der Waals surface area (Å²) in [5.74, 6) is 0. The highest BCUT2D eigenvalue weighted by atomic mass is 16.2. The van der Waals surface area contributed by atoms with Crippen molar-refractivity contribution in [2.75, 3.05) is 39.3 Å². The quantitative estimate of drug-likeness (QED) is 0.837. The van der Waals surface area contributed by atoms with Gasteiger partial charge in [-0.05, 0) is 23.1 Å². The van der Waals surface area contributed by atoms with E-state index in [1.807, 2.05) is 15.9 Å². The number of hydrogen-bond donors (Lipinski definition) is 0. The molecule has 0 N–H and O–H groups in total. The molecule has 0 aromatic heterocycles. The number of amides is 2. The first kappa shape index (κ1) is 17.8. The van der Waals surface area contributed by atoms with Crippen molar-refractivity contribution in [3.63, 3.8) is 0 Å². The van der Waals surface area contributed by atoms with Crippen molar-refractivity contribution >= 4 is 12.1 Å². The number of hydrogen-bond acceptors (Lipinski definition) is 2. The Morgan fingerprint density at radius 3 is 2.30 bits per heavy atom. The minimum Gasteiger partial charge on any atom is -0.322 e. The maximum atomic E-state index is 12.9. The number of urea groups is 1. The zero-order chi connectivity index (χ0) is 18.5. The highest BCUT2D eigenvalue weighted by molar-refractivity contribution is 5.75. The molecule has 0 saturated carbocycles. The molecule has 2 aliphatic rings. The van der Waals surface area contributed by atoms with Gasteiger partial charge in [-0.3, -0.25) is 4.90 Å². The van der Waals surface area contributed by atoms with Gasteiger partial charge in [-0.1, -0.05) is 66.7 Å². The fourth-order valence-electron chi connectivity index (χ4n) is 3.88. The summed E-state index contributed by atoms with van der Waals surface area (Å²) in [6.45, 7) is 6.02. The molecule has 2 aromatic rings. The molecule has 2 aromatic carbocycles. The largest absolute Gasteiger partial charge is 0.322 e. The van der Waals surface area contributed by atoms with E-state index in [0.29, 0.717) is 0 Å². The second-order valence-corrected chi connectivity index (χ2v) is 7.32. The van der Waals surface area contributed by atoms with Crippen LogP contribution in [-0.2, 0) is 13.0 Å². The van der Waals surface area contributed by atoms with E-state index in [2.05, 4.69) is 65.6 Å². The number of carbonyl (C=O) groups excluding carboxylic acids is 1. The highest BCUT2D eigenvalue weighted by Crippen LogP contribution is 2.20. The number of benzene rings is 2. The summed E-state index contributed by atoms with van der Waals surface area (Å²) in [5.41, 5.74) is 3.91. The molecule has 0 unspecified atom stereocenters. The monoisotopic (exact) mass is 361 g/mol.